The van der Waals surface area contributed by atoms with E-state index in [0.29, 0.717) is 34.7 Å². The Hall–Kier alpha value is -5.93. The highest BCUT2D eigenvalue weighted by molar-refractivity contribution is 5.79. The van der Waals surface area contributed by atoms with Crippen LogP contribution < -0.4 is 21.3 Å². The van der Waals surface area contributed by atoms with Crippen LogP contribution in [0, 0.1) is 16.7 Å². The summed E-state index contributed by atoms with van der Waals surface area (Å²) in [5.41, 5.74) is 12.4. The fraction of sp³-hybridized carbons (Fsp3) is 0.642. The summed E-state index contributed by atoms with van der Waals surface area (Å²) >= 11 is 0. The lowest BCUT2D eigenvalue weighted by atomic mass is 9.63. The Morgan fingerprint density at radius 3 is 1.20 bits per heavy atom. The van der Waals surface area contributed by atoms with Crippen LogP contribution in [0.3, 0.4) is 0 Å². The normalized spacial score (nSPS) is 23.3. The Bertz CT molecular complexity index is 3250. The third-order valence-corrected chi connectivity index (χ3v) is 23.0. The molecule has 95 heavy (non-hydrogen) atoms. The Kier molecular flexibility index (Phi) is 24.5. The molecule has 530 valence electrons. The number of piperidine rings is 4. The second-order valence-corrected chi connectivity index (χ2v) is 32.8. The van der Waals surface area contributed by atoms with Gasteiger partial charge in [-0.1, -0.05) is 152 Å². The van der Waals surface area contributed by atoms with Gasteiger partial charge in [-0.3, -0.25) is 28.9 Å². The molecule has 0 radical (unpaired) electrons. The van der Waals surface area contributed by atoms with Crippen LogP contribution in [0.5, 0.6) is 0 Å². The van der Waals surface area contributed by atoms with Crippen LogP contribution in [0.1, 0.15) is 262 Å². The maximum Gasteiger partial charge on any atom is 0.311 e. The van der Waals surface area contributed by atoms with Gasteiger partial charge in [-0.2, -0.15) is 0 Å². The van der Waals surface area contributed by atoms with Gasteiger partial charge in [0.15, 0.2) is 0 Å². The number of amides is 4. The Morgan fingerprint density at radius 2 is 0.811 bits per heavy atom. The first-order chi connectivity index (χ1) is 45.1. The summed E-state index contributed by atoms with van der Waals surface area (Å²) in [7, 11) is 0. The smallest absolute Gasteiger partial charge is 0.311 e. The van der Waals surface area contributed by atoms with Crippen LogP contribution in [0.15, 0.2) is 97.1 Å². The van der Waals surface area contributed by atoms with Crippen molar-refractivity contribution in [1.82, 2.24) is 40.9 Å². The van der Waals surface area contributed by atoms with Crippen molar-refractivity contribution in [2.75, 3.05) is 85.1 Å². The van der Waals surface area contributed by atoms with E-state index >= 15 is 0 Å². The molecular formula is C81H130N8O6. The van der Waals surface area contributed by atoms with Crippen LogP contribution in [0.2, 0.25) is 0 Å². The lowest BCUT2D eigenvalue weighted by Gasteiger charge is -2.47. The second kappa shape index (κ2) is 31.7. The van der Waals surface area contributed by atoms with Crippen LogP contribution in [-0.2, 0) is 45.6 Å². The number of carbonyl (C=O) groups excluding carboxylic acids is 4. The number of carboxylic acid groups (broad SMARTS) is 1. The zero-order valence-electron chi connectivity index (χ0n) is 60.4. The van der Waals surface area contributed by atoms with Crippen molar-refractivity contribution >= 4 is 29.6 Å². The summed E-state index contributed by atoms with van der Waals surface area (Å²) in [6.07, 6.45) is 18.1. The molecular weight excluding hydrogens is 1180 g/mol. The van der Waals surface area contributed by atoms with Gasteiger partial charge < -0.3 is 41.1 Å². The SMILES string of the molecule is CC(=O)N[C@@H]1CCC2(CCN(CCC(C)(C)C)CC2)c2ccccc21.CC(=O)N[C@H]1CCC2(CCN(CC(C)C)CC2)c2ccccc21.CC(C)(C)CCN1CCC2(CC1)CC(C(=O)O)c1ccccc12.CCNC(=O)CN1CCC2(CC1)C[C@H](NC(C)=O)c1ccccc12.[HH].[HH].[HH].[HH].[HH]. The lowest BCUT2D eigenvalue weighted by Crippen LogP contribution is -2.46. The van der Waals surface area contributed by atoms with Gasteiger partial charge in [0.25, 0.3) is 0 Å². The third-order valence-electron chi connectivity index (χ3n) is 23.0. The van der Waals surface area contributed by atoms with Crippen LogP contribution in [-0.4, -0.2) is 139 Å². The molecule has 4 heterocycles. The van der Waals surface area contributed by atoms with Crippen LogP contribution in [0.25, 0.3) is 0 Å². The van der Waals surface area contributed by atoms with E-state index in [9.17, 15) is 29.1 Å². The molecule has 4 saturated heterocycles. The summed E-state index contributed by atoms with van der Waals surface area (Å²) in [5, 5.41) is 21.9. The first kappa shape index (κ1) is 73.3. The van der Waals surface area contributed by atoms with Crippen molar-refractivity contribution in [1.29, 1.82) is 0 Å². The van der Waals surface area contributed by atoms with E-state index in [1.54, 1.807) is 20.8 Å². The molecule has 5 N–H and O–H groups in total. The monoisotopic (exact) mass is 1310 g/mol. The molecule has 14 nitrogen and oxygen atoms in total. The standard InChI is InChI=1S/C22H34N2O.C20H30N2O.C20H29NO2.C19H27N3O2.5H2/c1-17(25)23-20-9-10-22(19-8-6-5-7-18(19)20)12-15-24(16-13-22)14-11-21(2,3)4;1-15(2)14-22-12-10-20(11-13-22)9-8-19(21-16(3)23)17-6-4-5-7-18(17)20;1-19(2,3)8-11-21-12-9-20(10-13-21)14-16(18(22)23)15-6-4-5-7-17(15)20;1-3-20-18(24)13-22-10-8-19(9-11-22)12-17(21-14(2)23)15-6-4-5-7-16(15)19;;;;;/h5-8,20H,9-16H2,1-4H3,(H,23,25);4-7,15,19H,8-14H2,1-3H3,(H,21,23);4-7,16H,8-14H2,1-3H3,(H,22,23);4-7,17H,3,8-13H2,1-2H3,(H,20,24)(H,21,23);5*1H/t20-;19-;;17-;;;;;/m10.0...../s1. The van der Waals surface area contributed by atoms with E-state index in [2.05, 4.69) is 181 Å². The Balaban J connectivity index is 0.000000278. The molecule has 8 aliphatic rings. The van der Waals surface area contributed by atoms with Crippen molar-refractivity contribution in [3.05, 3.63) is 142 Å². The molecule has 12 rings (SSSR count). The fourth-order valence-electron chi connectivity index (χ4n) is 17.8. The molecule has 4 spiro atoms. The molecule has 14 heteroatoms. The quantitative estimate of drug-likeness (QED) is 0.0869. The van der Waals surface area contributed by atoms with Gasteiger partial charge >= 0.3 is 5.97 Å². The summed E-state index contributed by atoms with van der Waals surface area (Å²) in [4.78, 5) is 68.2. The Labute approximate surface area is 579 Å². The summed E-state index contributed by atoms with van der Waals surface area (Å²) in [5.74, 6) is 0.0563. The highest BCUT2D eigenvalue weighted by Crippen LogP contribution is 2.54. The van der Waals surface area contributed by atoms with Gasteiger partial charge in [0.1, 0.15) is 0 Å². The molecule has 1 unspecified atom stereocenters. The van der Waals surface area contributed by atoms with Gasteiger partial charge in [0, 0.05) is 46.4 Å². The van der Waals surface area contributed by atoms with Crippen LogP contribution in [0.4, 0.5) is 0 Å². The number of nitrogens with one attached hydrogen (secondary N) is 4. The molecule has 4 aromatic carbocycles. The topological polar surface area (TPSA) is 167 Å². The van der Waals surface area contributed by atoms with Crippen molar-refractivity contribution in [2.24, 2.45) is 16.7 Å². The highest BCUT2D eigenvalue weighted by atomic mass is 16.4. The lowest BCUT2D eigenvalue weighted by molar-refractivity contribution is -0.139. The van der Waals surface area contributed by atoms with Crippen molar-refractivity contribution in [3.8, 4) is 0 Å². The zero-order valence-corrected chi connectivity index (χ0v) is 60.4. The second-order valence-electron chi connectivity index (χ2n) is 32.8. The van der Waals surface area contributed by atoms with Gasteiger partial charge in [-0.15, -0.1) is 0 Å². The third kappa shape index (κ3) is 18.6. The molecule has 4 atom stereocenters. The maximum absolute atomic E-state index is 11.8. The number of benzene rings is 4. The number of hydrogen-bond acceptors (Lipinski definition) is 9. The Morgan fingerprint density at radius 1 is 0.474 bits per heavy atom. The summed E-state index contributed by atoms with van der Waals surface area (Å²) < 4.78 is 0. The zero-order chi connectivity index (χ0) is 68.3. The molecule has 0 bridgehead atoms. The van der Waals surface area contributed by atoms with Crippen molar-refractivity contribution < 1.29 is 36.2 Å². The number of fused-ring (bicyclic) bond motifs is 8. The summed E-state index contributed by atoms with van der Waals surface area (Å²) in [6.45, 7) is 38.9. The van der Waals surface area contributed by atoms with Crippen LogP contribution >= 0.6 is 0 Å². The molecule has 0 saturated carbocycles. The largest absolute Gasteiger partial charge is 0.481 e. The first-order valence-corrected chi connectivity index (χ1v) is 36.7. The number of likely N-dealkylation sites (N-methyl/N-ethyl adjacent to an activating group) is 1. The highest BCUT2D eigenvalue weighted by Gasteiger charge is 2.49. The number of hydrogen-bond donors (Lipinski definition) is 5. The number of rotatable bonds is 13. The molecule has 4 aliphatic heterocycles. The van der Waals surface area contributed by atoms with Gasteiger partial charge in [-0.05, 0) is 253 Å². The van der Waals surface area contributed by atoms with E-state index in [0.717, 1.165) is 95.6 Å². The molecule has 4 aromatic rings. The molecule has 4 amide bonds. The average Bonchev–Trinajstić information content (AvgIpc) is 1.61. The van der Waals surface area contributed by atoms with Gasteiger partial charge in [0.05, 0.1) is 30.6 Å². The summed E-state index contributed by atoms with van der Waals surface area (Å²) in [6, 6.07) is 34.9. The number of likely N-dealkylation sites (tertiary alicyclic amines) is 4. The number of carbonyl (C=O) groups is 5. The van der Waals surface area contributed by atoms with Crippen molar-refractivity contribution in [2.45, 2.75) is 232 Å². The number of aliphatic carboxylic acids is 1. The predicted molar refractivity (Wildman–Crippen MR) is 395 cm³/mol. The minimum Gasteiger partial charge on any atom is -0.481 e. The minimum absolute atomic E-state index is 0. The molecule has 0 aromatic heterocycles. The average molecular weight is 1310 g/mol. The predicted octanol–water partition coefficient (Wildman–Crippen LogP) is 15.1. The first-order valence-electron chi connectivity index (χ1n) is 36.7. The van der Waals surface area contributed by atoms with E-state index in [4.69, 9.17) is 0 Å². The maximum atomic E-state index is 11.8. The van der Waals surface area contributed by atoms with E-state index in [1.807, 2.05) is 19.1 Å². The van der Waals surface area contributed by atoms with E-state index in [-0.39, 0.29) is 65.6 Å². The fourth-order valence-corrected chi connectivity index (χ4v) is 17.8. The molecule has 4 aliphatic carbocycles. The minimum atomic E-state index is -0.663. The van der Waals surface area contributed by atoms with Gasteiger partial charge in [0.2, 0.25) is 23.6 Å². The van der Waals surface area contributed by atoms with E-state index < -0.39 is 5.97 Å². The number of carboxylic acids is 1. The number of nitrogens with zero attached hydrogens (tertiary/aromatic N) is 4. The van der Waals surface area contributed by atoms with Gasteiger partial charge in [-0.25, -0.2) is 0 Å². The van der Waals surface area contributed by atoms with E-state index in [1.165, 1.54) is 130 Å². The molecule has 4 fully saturated rings. The van der Waals surface area contributed by atoms with Crippen molar-refractivity contribution in [3.63, 3.8) is 0 Å².